The second-order valence-corrected chi connectivity index (χ2v) is 4.86. The van der Waals surface area contributed by atoms with Gasteiger partial charge in [0.25, 0.3) is 5.91 Å². The second-order valence-electron chi connectivity index (χ2n) is 4.86. The zero-order valence-electron chi connectivity index (χ0n) is 14.8. The number of hydrogen-bond acceptors (Lipinski definition) is 8. The Balaban J connectivity index is 2.84. The monoisotopic (exact) mass is 367 g/mol. The van der Waals surface area contributed by atoms with E-state index in [0.717, 1.165) is 0 Å². The van der Waals surface area contributed by atoms with Gasteiger partial charge in [0.15, 0.2) is 13.3 Å². The molecule has 1 N–H and O–H groups in total. The molecular formula is C17H21NO8. The lowest BCUT2D eigenvalue weighted by molar-refractivity contribution is -0.143. The SMILES string of the molecule is CCOC(=O)c1cc(OCC(=O)NCOC(C)=O)cc(C(=O)OCC)c1. The van der Waals surface area contributed by atoms with E-state index in [1.807, 2.05) is 0 Å². The van der Waals surface area contributed by atoms with Gasteiger partial charge < -0.3 is 24.3 Å². The summed E-state index contributed by atoms with van der Waals surface area (Å²) in [5.41, 5.74) is 0.181. The van der Waals surface area contributed by atoms with Gasteiger partial charge in [0.05, 0.1) is 24.3 Å². The molecule has 0 saturated carbocycles. The second kappa shape index (κ2) is 10.7. The van der Waals surface area contributed by atoms with Crippen LogP contribution in [0.25, 0.3) is 0 Å². The third kappa shape index (κ3) is 7.20. The molecule has 9 heteroatoms. The van der Waals surface area contributed by atoms with Gasteiger partial charge >= 0.3 is 17.9 Å². The summed E-state index contributed by atoms with van der Waals surface area (Å²) in [5.74, 6) is -2.25. The topological polar surface area (TPSA) is 117 Å². The van der Waals surface area contributed by atoms with Crippen LogP contribution in [0.1, 0.15) is 41.5 Å². The highest BCUT2D eigenvalue weighted by Gasteiger charge is 2.16. The molecule has 0 bridgehead atoms. The number of rotatable bonds is 9. The van der Waals surface area contributed by atoms with Crippen LogP contribution in [0.2, 0.25) is 0 Å². The summed E-state index contributed by atoms with van der Waals surface area (Å²) < 4.78 is 19.7. The summed E-state index contributed by atoms with van der Waals surface area (Å²) in [6.45, 7) is 4.15. The molecule has 142 valence electrons. The molecule has 0 saturated heterocycles. The molecule has 0 aliphatic heterocycles. The van der Waals surface area contributed by atoms with Crippen molar-refractivity contribution in [3.63, 3.8) is 0 Å². The van der Waals surface area contributed by atoms with Crippen molar-refractivity contribution in [3.05, 3.63) is 29.3 Å². The molecule has 0 atom stereocenters. The van der Waals surface area contributed by atoms with Crippen molar-refractivity contribution in [2.24, 2.45) is 0 Å². The quantitative estimate of drug-likeness (QED) is 0.391. The van der Waals surface area contributed by atoms with Gasteiger partial charge in [-0.3, -0.25) is 9.59 Å². The molecule has 0 spiro atoms. The standard InChI is InChI=1S/C17H21NO8/c1-4-23-16(21)12-6-13(17(22)24-5-2)8-14(7-12)25-9-15(20)18-10-26-11(3)19/h6-8H,4-5,9-10H2,1-3H3,(H,18,20). The Bertz CT molecular complexity index is 634. The molecule has 1 rings (SSSR count). The van der Waals surface area contributed by atoms with Gasteiger partial charge in [0, 0.05) is 6.92 Å². The lowest BCUT2D eigenvalue weighted by atomic mass is 10.1. The smallest absolute Gasteiger partial charge is 0.338 e. The lowest BCUT2D eigenvalue weighted by Gasteiger charge is -2.11. The van der Waals surface area contributed by atoms with Crippen LogP contribution in [0, 0.1) is 0 Å². The summed E-state index contributed by atoms with van der Waals surface area (Å²) in [6, 6.07) is 4.02. The van der Waals surface area contributed by atoms with Gasteiger partial charge in [-0.1, -0.05) is 0 Å². The molecule has 0 fully saturated rings. The summed E-state index contributed by atoms with van der Waals surface area (Å²) in [7, 11) is 0. The van der Waals surface area contributed by atoms with Crippen LogP contribution in [-0.2, 0) is 23.8 Å². The van der Waals surface area contributed by atoms with Crippen LogP contribution in [0.3, 0.4) is 0 Å². The first-order valence-electron chi connectivity index (χ1n) is 7.89. The van der Waals surface area contributed by atoms with Crippen molar-refractivity contribution in [2.45, 2.75) is 20.8 Å². The fourth-order valence-electron chi connectivity index (χ4n) is 1.77. The van der Waals surface area contributed by atoms with Gasteiger partial charge in [-0.25, -0.2) is 9.59 Å². The van der Waals surface area contributed by atoms with Crippen molar-refractivity contribution in [2.75, 3.05) is 26.6 Å². The average Bonchev–Trinajstić information content (AvgIpc) is 2.59. The lowest BCUT2D eigenvalue weighted by Crippen LogP contribution is -2.31. The predicted molar refractivity (Wildman–Crippen MR) is 88.6 cm³/mol. The Morgan fingerprint density at radius 1 is 0.885 bits per heavy atom. The molecule has 26 heavy (non-hydrogen) atoms. The Labute approximate surface area is 150 Å². The average molecular weight is 367 g/mol. The summed E-state index contributed by atoms with van der Waals surface area (Å²) >= 11 is 0. The van der Waals surface area contributed by atoms with Gasteiger partial charge in [-0.05, 0) is 32.0 Å². The maximum Gasteiger partial charge on any atom is 0.338 e. The normalized spacial score (nSPS) is 9.81. The van der Waals surface area contributed by atoms with E-state index in [0.29, 0.717) is 0 Å². The fourth-order valence-corrected chi connectivity index (χ4v) is 1.77. The van der Waals surface area contributed by atoms with E-state index in [1.165, 1.54) is 25.1 Å². The number of benzene rings is 1. The van der Waals surface area contributed by atoms with Crippen LogP contribution in [0.5, 0.6) is 5.75 Å². The van der Waals surface area contributed by atoms with Crippen LogP contribution in [0.4, 0.5) is 0 Å². The molecule has 1 aromatic carbocycles. The molecule has 0 aromatic heterocycles. The van der Waals surface area contributed by atoms with E-state index >= 15 is 0 Å². The van der Waals surface area contributed by atoms with Gasteiger partial charge in [0.1, 0.15) is 5.75 Å². The van der Waals surface area contributed by atoms with Gasteiger partial charge in [-0.2, -0.15) is 0 Å². The van der Waals surface area contributed by atoms with E-state index < -0.39 is 30.4 Å². The largest absolute Gasteiger partial charge is 0.484 e. The number of esters is 3. The highest BCUT2D eigenvalue weighted by atomic mass is 16.5. The van der Waals surface area contributed by atoms with Crippen molar-refractivity contribution < 1.29 is 38.1 Å². The predicted octanol–water partition coefficient (Wildman–Crippen LogP) is 1.06. The number of hydrogen-bond donors (Lipinski definition) is 1. The maximum absolute atomic E-state index is 11.9. The first kappa shape index (κ1) is 20.9. The Kier molecular flexibility index (Phi) is 8.62. The van der Waals surface area contributed by atoms with Crippen LogP contribution >= 0.6 is 0 Å². The number of nitrogens with one attached hydrogen (secondary N) is 1. The van der Waals surface area contributed by atoms with E-state index in [2.05, 4.69) is 10.1 Å². The third-order valence-electron chi connectivity index (χ3n) is 2.84. The van der Waals surface area contributed by atoms with E-state index in [1.54, 1.807) is 13.8 Å². The maximum atomic E-state index is 11.9. The number of carbonyl (C=O) groups excluding carboxylic acids is 4. The molecule has 0 aliphatic carbocycles. The first-order valence-corrected chi connectivity index (χ1v) is 7.89. The van der Waals surface area contributed by atoms with Crippen molar-refractivity contribution in [3.8, 4) is 5.75 Å². The van der Waals surface area contributed by atoms with E-state index in [-0.39, 0.29) is 36.8 Å². The highest BCUT2D eigenvalue weighted by molar-refractivity contribution is 5.96. The zero-order chi connectivity index (χ0) is 19.5. The minimum absolute atomic E-state index is 0.0905. The highest BCUT2D eigenvalue weighted by Crippen LogP contribution is 2.19. The Morgan fingerprint density at radius 3 is 1.88 bits per heavy atom. The van der Waals surface area contributed by atoms with Gasteiger partial charge in [0.2, 0.25) is 0 Å². The molecule has 0 unspecified atom stereocenters. The van der Waals surface area contributed by atoms with Crippen molar-refractivity contribution in [1.29, 1.82) is 0 Å². The van der Waals surface area contributed by atoms with E-state index in [9.17, 15) is 19.2 Å². The summed E-state index contributed by atoms with van der Waals surface area (Å²) in [6.07, 6.45) is 0. The molecule has 9 nitrogen and oxygen atoms in total. The van der Waals surface area contributed by atoms with E-state index in [4.69, 9.17) is 14.2 Å². The first-order chi connectivity index (χ1) is 12.4. The number of amides is 1. The molecule has 0 heterocycles. The van der Waals surface area contributed by atoms with Crippen molar-refractivity contribution in [1.82, 2.24) is 5.32 Å². The fraction of sp³-hybridized carbons (Fsp3) is 0.412. The minimum atomic E-state index is -0.636. The van der Waals surface area contributed by atoms with Gasteiger partial charge in [-0.15, -0.1) is 0 Å². The number of carbonyl (C=O) groups is 4. The molecule has 1 aromatic rings. The Hall–Kier alpha value is -3.10. The third-order valence-corrected chi connectivity index (χ3v) is 2.84. The number of ether oxygens (including phenoxy) is 4. The van der Waals surface area contributed by atoms with Crippen molar-refractivity contribution >= 4 is 23.8 Å². The minimum Gasteiger partial charge on any atom is -0.484 e. The molecule has 0 aliphatic rings. The molecular weight excluding hydrogens is 346 g/mol. The Morgan fingerprint density at radius 2 is 1.42 bits per heavy atom. The zero-order valence-corrected chi connectivity index (χ0v) is 14.8. The van der Waals surface area contributed by atoms with Crippen LogP contribution in [0.15, 0.2) is 18.2 Å². The summed E-state index contributed by atoms with van der Waals surface area (Å²) in [5, 5.41) is 2.31. The molecule has 1 amide bonds. The van der Waals surface area contributed by atoms with Crippen LogP contribution in [-0.4, -0.2) is 50.4 Å². The molecule has 0 radical (unpaired) electrons. The van der Waals surface area contributed by atoms with Crippen LogP contribution < -0.4 is 10.1 Å². The summed E-state index contributed by atoms with van der Waals surface area (Å²) in [4.78, 5) is 46.1.